The van der Waals surface area contributed by atoms with Crippen molar-refractivity contribution in [1.29, 1.82) is 0 Å². The number of likely N-dealkylation sites (tertiary alicyclic amines) is 2. The van der Waals surface area contributed by atoms with Crippen molar-refractivity contribution in [3.63, 3.8) is 0 Å². The van der Waals surface area contributed by atoms with Gasteiger partial charge in [-0.1, -0.05) is 6.07 Å². The van der Waals surface area contributed by atoms with Crippen LogP contribution in [0.25, 0.3) is 0 Å². The number of rotatable bonds is 2. The number of aliphatic hydroxyl groups excluding tert-OH is 1. The van der Waals surface area contributed by atoms with E-state index >= 15 is 0 Å². The molecule has 2 aliphatic rings. The van der Waals surface area contributed by atoms with E-state index in [1.54, 1.807) is 6.92 Å². The molecule has 3 heterocycles. The lowest BCUT2D eigenvalue weighted by atomic mass is 9.71. The van der Waals surface area contributed by atoms with Crippen molar-refractivity contribution in [2.75, 3.05) is 26.2 Å². The second-order valence-corrected chi connectivity index (χ2v) is 7.30. The van der Waals surface area contributed by atoms with Gasteiger partial charge in [0.1, 0.15) is 0 Å². The van der Waals surface area contributed by atoms with Crippen molar-refractivity contribution >= 4 is 5.91 Å². The maximum atomic E-state index is 11.7. The Labute approximate surface area is 138 Å². The second-order valence-electron chi connectivity index (χ2n) is 7.30. The molecule has 3 rings (SSSR count). The van der Waals surface area contributed by atoms with E-state index in [-0.39, 0.29) is 17.4 Å². The van der Waals surface area contributed by atoms with Crippen LogP contribution in [0, 0.1) is 12.3 Å². The Morgan fingerprint density at radius 1 is 1.39 bits per heavy atom. The molecule has 2 aliphatic heterocycles. The highest BCUT2D eigenvalue weighted by molar-refractivity contribution is 5.73. The van der Waals surface area contributed by atoms with Gasteiger partial charge >= 0.3 is 0 Å². The van der Waals surface area contributed by atoms with E-state index in [4.69, 9.17) is 0 Å². The summed E-state index contributed by atoms with van der Waals surface area (Å²) in [6.45, 7) is 7.82. The van der Waals surface area contributed by atoms with Crippen molar-refractivity contribution in [1.82, 2.24) is 14.8 Å². The topological polar surface area (TPSA) is 56.7 Å². The number of aromatic nitrogens is 1. The third-order valence-corrected chi connectivity index (χ3v) is 5.32. The normalized spacial score (nSPS) is 24.8. The minimum absolute atomic E-state index is 0.0783. The lowest BCUT2D eigenvalue weighted by Gasteiger charge is -2.49. The van der Waals surface area contributed by atoms with Gasteiger partial charge in [-0.05, 0) is 56.8 Å². The number of hydrogen-bond donors (Lipinski definition) is 1. The highest BCUT2D eigenvalue weighted by Crippen LogP contribution is 2.40. The highest BCUT2D eigenvalue weighted by Gasteiger charge is 2.42. The molecule has 5 nitrogen and oxygen atoms in total. The van der Waals surface area contributed by atoms with Gasteiger partial charge in [0, 0.05) is 32.3 Å². The van der Waals surface area contributed by atoms with Crippen LogP contribution in [0.2, 0.25) is 0 Å². The molecule has 23 heavy (non-hydrogen) atoms. The monoisotopic (exact) mass is 317 g/mol. The molecule has 2 fully saturated rings. The number of aliphatic hydroxyl groups is 1. The Bertz CT molecular complexity index is 567. The molecule has 0 radical (unpaired) electrons. The second kappa shape index (κ2) is 6.57. The van der Waals surface area contributed by atoms with E-state index in [9.17, 15) is 9.90 Å². The van der Waals surface area contributed by atoms with Gasteiger partial charge < -0.3 is 10.0 Å². The van der Waals surface area contributed by atoms with Gasteiger partial charge in [0.25, 0.3) is 0 Å². The van der Waals surface area contributed by atoms with Gasteiger partial charge in [-0.3, -0.25) is 14.7 Å². The first-order chi connectivity index (χ1) is 11.0. The van der Waals surface area contributed by atoms with Gasteiger partial charge in [0.05, 0.1) is 11.8 Å². The maximum Gasteiger partial charge on any atom is 0.219 e. The molecule has 1 aromatic rings. The molecule has 1 aromatic heterocycles. The van der Waals surface area contributed by atoms with Crippen LogP contribution < -0.4 is 0 Å². The Morgan fingerprint density at radius 2 is 2.13 bits per heavy atom. The fraction of sp³-hybridized carbons (Fsp3) is 0.667. The standard InChI is InChI=1S/C18H27N3O2/c1-14-4-3-5-16(19-14)11-20-8-6-18(7-9-20)10-17(23)12-21(13-18)15(2)22/h3-5,17,23H,6-13H2,1-2H3. The third-order valence-electron chi connectivity index (χ3n) is 5.32. The fourth-order valence-corrected chi connectivity index (χ4v) is 4.06. The number of pyridine rings is 1. The van der Waals surface area contributed by atoms with Crippen molar-refractivity contribution in [2.24, 2.45) is 5.41 Å². The number of piperidine rings is 2. The van der Waals surface area contributed by atoms with Crippen molar-refractivity contribution < 1.29 is 9.90 Å². The summed E-state index contributed by atoms with van der Waals surface area (Å²) < 4.78 is 0. The summed E-state index contributed by atoms with van der Waals surface area (Å²) in [5.74, 6) is 0.0783. The smallest absolute Gasteiger partial charge is 0.219 e. The molecule has 1 spiro atoms. The maximum absolute atomic E-state index is 11.7. The molecular weight excluding hydrogens is 290 g/mol. The zero-order valence-corrected chi connectivity index (χ0v) is 14.2. The van der Waals surface area contributed by atoms with E-state index < -0.39 is 0 Å². The number of hydrogen-bond acceptors (Lipinski definition) is 4. The summed E-state index contributed by atoms with van der Waals surface area (Å²) in [6.07, 6.45) is 2.53. The summed E-state index contributed by atoms with van der Waals surface area (Å²) in [6, 6.07) is 6.17. The van der Waals surface area contributed by atoms with Crippen LogP contribution in [0.3, 0.4) is 0 Å². The minimum Gasteiger partial charge on any atom is -0.391 e. The Balaban J connectivity index is 1.60. The van der Waals surface area contributed by atoms with Crippen LogP contribution in [-0.4, -0.2) is 58.1 Å². The van der Waals surface area contributed by atoms with Crippen LogP contribution >= 0.6 is 0 Å². The van der Waals surface area contributed by atoms with Crippen molar-refractivity contribution in [3.05, 3.63) is 29.6 Å². The van der Waals surface area contributed by atoms with Crippen molar-refractivity contribution in [3.8, 4) is 0 Å². The Hall–Kier alpha value is -1.46. The average molecular weight is 317 g/mol. The average Bonchev–Trinajstić information content (AvgIpc) is 2.49. The van der Waals surface area contributed by atoms with Gasteiger partial charge in [-0.25, -0.2) is 0 Å². The molecule has 1 unspecified atom stereocenters. The molecule has 2 saturated heterocycles. The predicted octanol–water partition coefficient (Wildman–Crippen LogP) is 1.59. The lowest BCUT2D eigenvalue weighted by molar-refractivity contribution is -0.138. The van der Waals surface area contributed by atoms with Crippen LogP contribution in [0.15, 0.2) is 18.2 Å². The number of aryl methyl sites for hydroxylation is 1. The van der Waals surface area contributed by atoms with Crippen LogP contribution in [0.1, 0.15) is 37.6 Å². The van der Waals surface area contributed by atoms with Gasteiger partial charge in [0.2, 0.25) is 5.91 Å². The molecule has 5 heteroatoms. The number of β-amino-alcohol motifs (C(OH)–C–C–N with tert-alkyl or cyclic N) is 1. The van der Waals surface area contributed by atoms with Crippen LogP contribution in [-0.2, 0) is 11.3 Å². The number of carbonyl (C=O) groups excluding carboxylic acids is 1. The number of nitrogens with zero attached hydrogens (tertiary/aromatic N) is 3. The lowest BCUT2D eigenvalue weighted by Crippen LogP contribution is -2.54. The Kier molecular flexibility index (Phi) is 4.69. The van der Waals surface area contributed by atoms with Crippen LogP contribution in [0.5, 0.6) is 0 Å². The van der Waals surface area contributed by atoms with Gasteiger partial charge in [-0.2, -0.15) is 0 Å². The van der Waals surface area contributed by atoms with E-state index in [0.717, 1.165) is 56.8 Å². The highest BCUT2D eigenvalue weighted by atomic mass is 16.3. The quantitative estimate of drug-likeness (QED) is 0.900. The molecule has 1 amide bonds. The molecule has 0 bridgehead atoms. The van der Waals surface area contributed by atoms with Gasteiger partial charge in [0.15, 0.2) is 0 Å². The van der Waals surface area contributed by atoms with Crippen LogP contribution in [0.4, 0.5) is 0 Å². The molecule has 0 aromatic carbocycles. The first-order valence-corrected chi connectivity index (χ1v) is 8.54. The molecule has 126 valence electrons. The molecule has 0 saturated carbocycles. The van der Waals surface area contributed by atoms with Gasteiger partial charge in [-0.15, -0.1) is 0 Å². The molecular formula is C18H27N3O2. The number of carbonyl (C=O) groups is 1. The minimum atomic E-state index is -0.377. The fourth-order valence-electron chi connectivity index (χ4n) is 4.06. The SMILES string of the molecule is CC(=O)N1CC(O)CC2(CCN(Cc3cccc(C)n3)CC2)C1. The molecule has 1 N–H and O–H groups in total. The molecule has 1 atom stereocenters. The summed E-state index contributed by atoms with van der Waals surface area (Å²) in [4.78, 5) is 20.5. The van der Waals surface area contributed by atoms with Crippen molar-refractivity contribution in [2.45, 2.75) is 45.8 Å². The summed E-state index contributed by atoms with van der Waals surface area (Å²) in [5.41, 5.74) is 2.28. The van der Waals surface area contributed by atoms with E-state index in [1.807, 2.05) is 17.9 Å². The van der Waals surface area contributed by atoms with E-state index in [2.05, 4.69) is 22.0 Å². The summed E-state index contributed by atoms with van der Waals surface area (Å²) in [5, 5.41) is 10.2. The number of amides is 1. The first-order valence-electron chi connectivity index (χ1n) is 8.54. The van der Waals surface area contributed by atoms with E-state index in [1.165, 1.54) is 0 Å². The summed E-state index contributed by atoms with van der Waals surface area (Å²) in [7, 11) is 0. The zero-order chi connectivity index (χ0) is 16.4. The Morgan fingerprint density at radius 3 is 2.78 bits per heavy atom. The molecule has 0 aliphatic carbocycles. The third kappa shape index (κ3) is 3.90. The first kappa shape index (κ1) is 16.4. The zero-order valence-electron chi connectivity index (χ0n) is 14.2. The predicted molar refractivity (Wildman–Crippen MR) is 88.8 cm³/mol. The summed E-state index contributed by atoms with van der Waals surface area (Å²) >= 11 is 0. The largest absolute Gasteiger partial charge is 0.391 e. The van der Waals surface area contributed by atoms with E-state index in [0.29, 0.717) is 6.54 Å².